The molecule has 0 N–H and O–H groups in total. The second-order valence-corrected chi connectivity index (χ2v) is 2.72. The number of nitrogens with zero attached hydrogens (tertiary/aromatic N) is 3. The van der Waals surface area contributed by atoms with Gasteiger partial charge in [0.2, 0.25) is 0 Å². The van der Waals surface area contributed by atoms with Crippen molar-refractivity contribution in [3.63, 3.8) is 0 Å². The largest absolute Gasteiger partial charge is 0.465 e. The van der Waals surface area contributed by atoms with Crippen LogP contribution in [0.1, 0.15) is 10.4 Å². The molecule has 1 rings (SSSR count). The number of benzene rings is 1. The Balaban J connectivity index is 3.36. The lowest BCUT2D eigenvalue weighted by Crippen LogP contribution is -2.02. The third-order valence-corrected chi connectivity index (χ3v) is 1.85. The lowest BCUT2D eigenvalue weighted by molar-refractivity contribution is 0.0602. The standard InChI is InChI=1S/C8H6ClN3O2/c1-14-8(13)7-5(9)3-2-4-6(7)11-12-10/h2-4H,1H3. The van der Waals surface area contributed by atoms with Crippen molar-refractivity contribution in [2.45, 2.75) is 0 Å². The normalized spacial score (nSPS) is 9.00. The van der Waals surface area contributed by atoms with E-state index in [9.17, 15) is 4.79 Å². The van der Waals surface area contributed by atoms with Crippen molar-refractivity contribution in [3.05, 3.63) is 39.2 Å². The molecule has 0 atom stereocenters. The number of methoxy groups -OCH3 is 1. The van der Waals surface area contributed by atoms with Crippen LogP contribution in [-0.4, -0.2) is 13.1 Å². The number of azide groups is 1. The van der Waals surface area contributed by atoms with E-state index in [2.05, 4.69) is 14.8 Å². The van der Waals surface area contributed by atoms with E-state index in [4.69, 9.17) is 17.1 Å². The SMILES string of the molecule is COC(=O)c1c(Cl)cccc1N=[N+]=[N-]. The van der Waals surface area contributed by atoms with Crippen molar-refractivity contribution in [1.82, 2.24) is 0 Å². The first kappa shape index (κ1) is 10.4. The number of hydrogen-bond acceptors (Lipinski definition) is 3. The Labute approximate surface area is 84.9 Å². The molecule has 5 nitrogen and oxygen atoms in total. The second-order valence-electron chi connectivity index (χ2n) is 2.31. The van der Waals surface area contributed by atoms with Gasteiger partial charge in [-0.1, -0.05) is 28.8 Å². The van der Waals surface area contributed by atoms with Gasteiger partial charge in [0.1, 0.15) is 0 Å². The number of carbonyl (C=O) groups excluding carboxylic acids is 1. The minimum Gasteiger partial charge on any atom is -0.465 e. The minimum atomic E-state index is -0.627. The fraction of sp³-hybridized carbons (Fsp3) is 0.125. The molecule has 0 aliphatic rings. The molecule has 0 spiro atoms. The molecule has 0 aromatic heterocycles. The van der Waals surface area contributed by atoms with Crippen LogP contribution >= 0.6 is 11.6 Å². The Morgan fingerprint density at radius 3 is 2.93 bits per heavy atom. The Morgan fingerprint density at radius 2 is 2.36 bits per heavy atom. The lowest BCUT2D eigenvalue weighted by Gasteiger charge is -2.04. The summed E-state index contributed by atoms with van der Waals surface area (Å²) in [5, 5.41) is 3.53. The number of halogens is 1. The first-order chi connectivity index (χ1) is 6.70. The zero-order valence-electron chi connectivity index (χ0n) is 7.27. The fourth-order valence-electron chi connectivity index (χ4n) is 0.948. The van der Waals surface area contributed by atoms with Gasteiger partial charge in [0.25, 0.3) is 0 Å². The molecule has 1 aromatic carbocycles. The summed E-state index contributed by atoms with van der Waals surface area (Å²) in [5.41, 5.74) is 8.49. The molecule has 0 radical (unpaired) electrons. The highest BCUT2D eigenvalue weighted by atomic mass is 35.5. The summed E-state index contributed by atoms with van der Waals surface area (Å²) in [5.74, 6) is -0.627. The Hall–Kier alpha value is -1.71. The maximum absolute atomic E-state index is 11.2. The summed E-state index contributed by atoms with van der Waals surface area (Å²) in [7, 11) is 1.23. The van der Waals surface area contributed by atoms with Gasteiger partial charge in [0.15, 0.2) is 0 Å². The number of esters is 1. The van der Waals surface area contributed by atoms with Crippen molar-refractivity contribution in [3.8, 4) is 0 Å². The van der Waals surface area contributed by atoms with Gasteiger partial charge in [0.05, 0.1) is 23.4 Å². The molecule has 0 saturated carbocycles. The van der Waals surface area contributed by atoms with Crippen LogP contribution in [0.25, 0.3) is 10.4 Å². The molecule has 72 valence electrons. The summed E-state index contributed by atoms with van der Waals surface area (Å²) in [6.07, 6.45) is 0. The van der Waals surface area contributed by atoms with Crippen molar-refractivity contribution in [2.75, 3.05) is 7.11 Å². The van der Waals surface area contributed by atoms with E-state index in [1.165, 1.54) is 19.2 Å². The van der Waals surface area contributed by atoms with Crippen LogP contribution in [0.3, 0.4) is 0 Å². The van der Waals surface area contributed by atoms with Gasteiger partial charge in [0, 0.05) is 4.91 Å². The molecule has 0 unspecified atom stereocenters. The van der Waals surface area contributed by atoms with E-state index in [1.807, 2.05) is 0 Å². The molecule has 14 heavy (non-hydrogen) atoms. The van der Waals surface area contributed by atoms with Gasteiger partial charge < -0.3 is 4.74 Å². The van der Waals surface area contributed by atoms with Gasteiger partial charge >= 0.3 is 5.97 Å². The van der Waals surface area contributed by atoms with E-state index in [1.54, 1.807) is 6.07 Å². The quantitative estimate of drug-likeness (QED) is 0.326. The summed E-state index contributed by atoms with van der Waals surface area (Å²) in [6.45, 7) is 0. The highest BCUT2D eigenvalue weighted by Crippen LogP contribution is 2.27. The molecule has 1 aromatic rings. The van der Waals surface area contributed by atoms with Crippen molar-refractivity contribution >= 4 is 23.3 Å². The molecule has 6 heteroatoms. The maximum Gasteiger partial charge on any atom is 0.339 e. The van der Waals surface area contributed by atoms with Crippen LogP contribution in [0.4, 0.5) is 5.69 Å². The van der Waals surface area contributed by atoms with Crippen molar-refractivity contribution < 1.29 is 9.53 Å². The van der Waals surface area contributed by atoms with Gasteiger partial charge in [-0.25, -0.2) is 4.79 Å². The molecule has 0 amide bonds. The zero-order valence-corrected chi connectivity index (χ0v) is 8.02. The summed E-state index contributed by atoms with van der Waals surface area (Å²) < 4.78 is 4.50. The van der Waals surface area contributed by atoms with Gasteiger partial charge in [-0.3, -0.25) is 0 Å². The van der Waals surface area contributed by atoms with Crippen molar-refractivity contribution in [2.24, 2.45) is 5.11 Å². The third-order valence-electron chi connectivity index (χ3n) is 1.53. The van der Waals surface area contributed by atoms with E-state index in [0.29, 0.717) is 0 Å². The average molecular weight is 212 g/mol. The second kappa shape index (κ2) is 4.50. The van der Waals surface area contributed by atoms with Crippen LogP contribution in [0.2, 0.25) is 5.02 Å². The van der Waals surface area contributed by atoms with Gasteiger partial charge in [-0.05, 0) is 11.6 Å². The zero-order chi connectivity index (χ0) is 10.6. The highest BCUT2D eigenvalue weighted by Gasteiger charge is 2.14. The molecule has 0 heterocycles. The van der Waals surface area contributed by atoms with E-state index in [-0.39, 0.29) is 16.3 Å². The first-order valence-electron chi connectivity index (χ1n) is 3.62. The fourth-order valence-corrected chi connectivity index (χ4v) is 1.20. The molecular formula is C8H6ClN3O2. The lowest BCUT2D eigenvalue weighted by atomic mass is 10.2. The number of carbonyl (C=O) groups is 1. The summed E-state index contributed by atoms with van der Waals surface area (Å²) >= 11 is 5.75. The predicted octanol–water partition coefficient (Wildman–Crippen LogP) is 3.07. The first-order valence-corrected chi connectivity index (χ1v) is 4.00. The van der Waals surface area contributed by atoms with Gasteiger partial charge in [-0.2, -0.15) is 0 Å². The smallest absolute Gasteiger partial charge is 0.339 e. The van der Waals surface area contributed by atoms with Gasteiger partial charge in [-0.15, -0.1) is 0 Å². The summed E-state index contributed by atoms with van der Waals surface area (Å²) in [6, 6.07) is 4.58. The molecule has 0 bridgehead atoms. The van der Waals surface area contributed by atoms with Crippen molar-refractivity contribution in [1.29, 1.82) is 0 Å². The van der Waals surface area contributed by atoms with E-state index >= 15 is 0 Å². The van der Waals surface area contributed by atoms with Crippen LogP contribution in [0.5, 0.6) is 0 Å². The summed E-state index contributed by atoms with van der Waals surface area (Å²) in [4.78, 5) is 13.8. The monoisotopic (exact) mass is 211 g/mol. The third kappa shape index (κ3) is 1.96. The van der Waals surface area contributed by atoms with Crippen LogP contribution in [-0.2, 0) is 4.74 Å². The van der Waals surface area contributed by atoms with E-state index < -0.39 is 5.97 Å². The molecule has 0 saturated heterocycles. The highest BCUT2D eigenvalue weighted by molar-refractivity contribution is 6.34. The van der Waals surface area contributed by atoms with Crippen LogP contribution in [0.15, 0.2) is 23.3 Å². The van der Waals surface area contributed by atoms with E-state index in [0.717, 1.165) is 0 Å². The number of hydrogen-bond donors (Lipinski definition) is 0. The van der Waals surface area contributed by atoms with Crippen LogP contribution < -0.4 is 0 Å². The minimum absolute atomic E-state index is 0.0782. The Morgan fingerprint density at radius 1 is 1.64 bits per heavy atom. The Bertz CT molecular complexity index is 413. The maximum atomic E-state index is 11.2. The number of ether oxygens (including phenoxy) is 1. The predicted molar refractivity (Wildman–Crippen MR) is 51.6 cm³/mol. The molecule has 0 fully saturated rings. The molecule has 0 aliphatic carbocycles. The Kier molecular flexibility index (Phi) is 3.34. The molecule has 0 aliphatic heterocycles. The topological polar surface area (TPSA) is 75.1 Å². The average Bonchev–Trinajstić information content (AvgIpc) is 2.18. The number of rotatable bonds is 2. The molecular weight excluding hydrogens is 206 g/mol. The van der Waals surface area contributed by atoms with Crippen LogP contribution in [0, 0.1) is 0 Å².